The molecule has 3 heterocycles. The zero-order valence-corrected chi connectivity index (χ0v) is 16.2. The number of phenols is 1. The number of fused-ring (bicyclic) bond motifs is 3. The van der Waals surface area contributed by atoms with Gasteiger partial charge >= 0.3 is 0 Å². The Kier molecular flexibility index (Phi) is 4.20. The number of thiophene rings is 1. The summed E-state index contributed by atoms with van der Waals surface area (Å²) in [4.78, 5) is 1.16. The fourth-order valence-electron chi connectivity index (χ4n) is 3.84. The number of ether oxygens (including phenoxy) is 2. The number of hydrazone groups is 1. The first kappa shape index (κ1) is 17.1. The Morgan fingerprint density at radius 2 is 2.00 bits per heavy atom. The SMILES string of the molecule is CCOc1cccc([C@H]2Oc3ccccc3[C@H]3CC(c4cccs4)=NN32)c1O. The maximum atomic E-state index is 10.8. The third kappa shape index (κ3) is 2.72. The van der Waals surface area contributed by atoms with Crippen molar-refractivity contribution in [2.75, 3.05) is 6.61 Å². The fraction of sp³-hybridized carbons (Fsp3) is 0.227. The maximum absolute atomic E-state index is 10.8. The van der Waals surface area contributed by atoms with Crippen molar-refractivity contribution in [2.45, 2.75) is 25.6 Å². The second kappa shape index (κ2) is 6.87. The molecular formula is C22H20N2O3S. The maximum Gasteiger partial charge on any atom is 0.217 e. The van der Waals surface area contributed by atoms with E-state index in [1.165, 1.54) is 0 Å². The number of benzene rings is 2. The molecule has 6 heteroatoms. The molecule has 0 aliphatic carbocycles. The molecule has 2 aromatic carbocycles. The fourth-order valence-corrected chi connectivity index (χ4v) is 4.56. The van der Waals surface area contributed by atoms with Crippen molar-refractivity contribution in [3.8, 4) is 17.2 Å². The van der Waals surface area contributed by atoms with Crippen LogP contribution >= 0.6 is 11.3 Å². The lowest BCUT2D eigenvalue weighted by molar-refractivity contribution is -0.0205. The summed E-state index contributed by atoms with van der Waals surface area (Å²) in [5.41, 5.74) is 2.82. The predicted octanol–water partition coefficient (Wildman–Crippen LogP) is 5.09. The molecule has 2 aliphatic rings. The molecule has 142 valence electrons. The van der Waals surface area contributed by atoms with Crippen LogP contribution in [0.2, 0.25) is 0 Å². The summed E-state index contributed by atoms with van der Waals surface area (Å²) in [5.74, 6) is 1.39. The van der Waals surface area contributed by atoms with Crippen LogP contribution in [0.15, 0.2) is 65.1 Å². The number of hydrogen-bond donors (Lipinski definition) is 1. The largest absolute Gasteiger partial charge is 0.504 e. The topological polar surface area (TPSA) is 54.3 Å². The van der Waals surface area contributed by atoms with Gasteiger partial charge in [-0.15, -0.1) is 11.3 Å². The van der Waals surface area contributed by atoms with E-state index in [1.54, 1.807) is 17.4 Å². The number of hydrogen-bond acceptors (Lipinski definition) is 6. The molecule has 3 aromatic rings. The molecule has 1 aromatic heterocycles. The molecule has 0 saturated heterocycles. The first-order chi connectivity index (χ1) is 13.8. The molecule has 28 heavy (non-hydrogen) atoms. The van der Waals surface area contributed by atoms with E-state index in [-0.39, 0.29) is 11.8 Å². The van der Waals surface area contributed by atoms with Crippen molar-refractivity contribution in [2.24, 2.45) is 5.10 Å². The van der Waals surface area contributed by atoms with Crippen molar-refractivity contribution in [1.29, 1.82) is 0 Å². The van der Waals surface area contributed by atoms with Crippen molar-refractivity contribution in [1.82, 2.24) is 5.01 Å². The normalized spacial score (nSPS) is 20.2. The Balaban J connectivity index is 1.61. The molecule has 5 nitrogen and oxygen atoms in total. The summed E-state index contributed by atoms with van der Waals surface area (Å²) in [6.45, 7) is 2.38. The minimum atomic E-state index is -0.516. The number of aromatic hydroxyl groups is 1. The van der Waals surface area contributed by atoms with Gasteiger partial charge in [-0.2, -0.15) is 5.10 Å². The van der Waals surface area contributed by atoms with Gasteiger partial charge in [-0.1, -0.05) is 30.3 Å². The molecule has 5 rings (SSSR count). The average Bonchev–Trinajstić information content (AvgIpc) is 3.39. The minimum absolute atomic E-state index is 0.0715. The molecule has 0 amide bonds. The molecule has 0 bridgehead atoms. The Bertz CT molecular complexity index is 1030. The smallest absolute Gasteiger partial charge is 0.217 e. The molecule has 0 radical (unpaired) electrons. The van der Waals surface area contributed by atoms with Gasteiger partial charge in [0.1, 0.15) is 5.75 Å². The highest BCUT2D eigenvalue weighted by molar-refractivity contribution is 7.12. The number of para-hydroxylation sites is 2. The second-order valence-corrected chi connectivity index (χ2v) is 7.71. The Hall–Kier alpha value is -2.99. The Morgan fingerprint density at radius 1 is 1.14 bits per heavy atom. The lowest BCUT2D eigenvalue weighted by Crippen LogP contribution is -2.33. The van der Waals surface area contributed by atoms with Crippen LogP contribution in [0.3, 0.4) is 0 Å². The third-order valence-electron chi connectivity index (χ3n) is 5.10. The zero-order valence-electron chi connectivity index (χ0n) is 15.4. The van der Waals surface area contributed by atoms with Crippen LogP contribution in [0.5, 0.6) is 17.2 Å². The summed E-state index contributed by atoms with van der Waals surface area (Å²) < 4.78 is 11.9. The van der Waals surface area contributed by atoms with E-state index >= 15 is 0 Å². The zero-order chi connectivity index (χ0) is 19.1. The number of nitrogens with zero attached hydrogens (tertiary/aromatic N) is 2. The van der Waals surface area contributed by atoms with Crippen LogP contribution in [-0.4, -0.2) is 22.4 Å². The average molecular weight is 392 g/mol. The van der Waals surface area contributed by atoms with Crippen LogP contribution in [0, 0.1) is 0 Å². The second-order valence-electron chi connectivity index (χ2n) is 6.76. The summed E-state index contributed by atoms with van der Waals surface area (Å²) in [6, 6.07) is 17.8. The van der Waals surface area contributed by atoms with Crippen LogP contribution in [0.4, 0.5) is 0 Å². The van der Waals surface area contributed by atoms with Gasteiger partial charge in [0.05, 0.1) is 28.8 Å². The summed E-state index contributed by atoms with van der Waals surface area (Å²) in [5, 5.41) is 19.8. The third-order valence-corrected chi connectivity index (χ3v) is 6.02. The van der Waals surface area contributed by atoms with Crippen molar-refractivity contribution in [3.05, 3.63) is 76.0 Å². The lowest BCUT2D eigenvalue weighted by Gasteiger charge is -2.38. The Labute approximate surface area is 167 Å². The van der Waals surface area contributed by atoms with Gasteiger partial charge in [0.25, 0.3) is 0 Å². The molecule has 0 unspecified atom stereocenters. The van der Waals surface area contributed by atoms with E-state index in [0.29, 0.717) is 17.9 Å². The molecule has 0 spiro atoms. The highest BCUT2D eigenvalue weighted by Gasteiger charge is 2.42. The molecule has 0 fully saturated rings. The lowest BCUT2D eigenvalue weighted by atomic mass is 9.97. The number of phenolic OH excluding ortho intramolecular Hbond substituents is 1. The van der Waals surface area contributed by atoms with E-state index in [1.807, 2.05) is 48.3 Å². The highest BCUT2D eigenvalue weighted by atomic mass is 32.1. The Morgan fingerprint density at radius 3 is 2.82 bits per heavy atom. The van der Waals surface area contributed by atoms with Crippen molar-refractivity contribution >= 4 is 17.0 Å². The van der Waals surface area contributed by atoms with E-state index in [4.69, 9.17) is 14.6 Å². The van der Waals surface area contributed by atoms with E-state index in [0.717, 1.165) is 28.3 Å². The van der Waals surface area contributed by atoms with Crippen LogP contribution in [-0.2, 0) is 0 Å². The summed E-state index contributed by atoms with van der Waals surface area (Å²) in [6.07, 6.45) is 0.293. The van der Waals surface area contributed by atoms with Gasteiger partial charge in [0.2, 0.25) is 6.23 Å². The van der Waals surface area contributed by atoms with Gasteiger partial charge < -0.3 is 14.6 Å². The van der Waals surface area contributed by atoms with Gasteiger partial charge in [-0.3, -0.25) is 0 Å². The predicted molar refractivity (Wildman–Crippen MR) is 109 cm³/mol. The standard InChI is InChI=1S/C22H20N2O3S/c1-2-26-19-10-5-8-15(21(19)25)22-24-17(14-7-3-4-9-18(14)27-22)13-16(23-24)20-11-6-12-28-20/h3-12,17,22,25H,2,13H2,1H3/t17-,22-/m1/s1. The summed E-state index contributed by atoms with van der Waals surface area (Å²) >= 11 is 1.69. The van der Waals surface area contributed by atoms with Crippen LogP contribution in [0.25, 0.3) is 0 Å². The van der Waals surface area contributed by atoms with Gasteiger partial charge in [0.15, 0.2) is 11.5 Å². The molecular weight excluding hydrogens is 372 g/mol. The van der Waals surface area contributed by atoms with Crippen molar-refractivity contribution < 1.29 is 14.6 Å². The van der Waals surface area contributed by atoms with Crippen LogP contribution in [0.1, 0.15) is 41.6 Å². The van der Waals surface area contributed by atoms with Gasteiger partial charge in [-0.05, 0) is 36.6 Å². The quantitative estimate of drug-likeness (QED) is 0.672. The van der Waals surface area contributed by atoms with E-state index < -0.39 is 6.23 Å². The molecule has 1 N–H and O–H groups in total. The monoisotopic (exact) mass is 392 g/mol. The molecule has 0 saturated carbocycles. The highest BCUT2D eigenvalue weighted by Crippen LogP contribution is 2.49. The first-order valence-corrected chi connectivity index (χ1v) is 10.2. The van der Waals surface area contributed by atoms with Gasteiger partial charge in [0, 0.05) is 12.0 Å². The summed E-state index contributed by atoms with van der Waals surface area (Å²) in [7, 11) is 0. The first-order valence-electron chi connectivity index (χ1n) is 9.36. The van der Waals surface area contributed by atoms with Crippen molar-refractivity contribution in [3.63, 3.8) is 0 Å². The molecule has 2 aliphatic heterocycles. The van der Waals surface area contributed by atoms with Gasteiger partial charge in [-0.25, -0.2) is 5.01 Å². The minimum Gasteiger partial charge on any atom is -0.504 e. The molecule has 2 atom stereocenters. The van der Waals surface area contributed by atoms with E-state index in [2.05, 4.69) is 17.5 Å². The van der Waals surface area contributed by atoms with Crippen LogP contribution < -0.4 is 9.47 Å². The number of rotatable bonds is 4. The van der Waals surface area contributed by atoms with E-state index in [9.17, 15) is 5.11 Å².